The van der Waals surface area contributed by atoms with E-state index in [4.69, 9.17) is 0 Å². The van der Waals surface area contributed by atoms with Gasteiger partial charge in [-0.15, -0.1) is 0 Å². The lowest BCUT2D eigenvalue weighted by molar-refractivity contribution is 0.470. The summed E-state index contributed by atoms with van der Waals surface area (Å²) >= 11 is 0. The normalized spacial score (nSPS) is 11.0. The van der Waals surface area contributed by atoms with Crippen LogP contribution in [0.25, 0.3) is 38.7 Å². The third kappa shape index (κ3) is 2.12. The van der Waals surface area contributed by atoms with Crippen molar-refractivity contribution >= 4 is 27.6 Å². The van der Waals surface area contributed by atoms with Gasteiger partial charge in [0.2, 0.25) is 0 Å². The summed E-state index contributed by atoms with van der Waals surface area (Å²) in [5, 5.41) is 24.9. The van der Waals surface area contributed by atoms with Gasteiger partial charge in [0, 0.05) is 11.1 Å². The smallest absolute Gasteiger partial charge is 0.124 e. The van der Waals surface area contributed by atoms with Gasteiger partial charge in [0.25, 0.3) is 0 Å². The highest BCUT2D eigenvalue weighted by Gasteiger charge is 2.16. The largest absolute Gasteiger partial charge is 0.507 e. The Balaban J connectivity index is 2.16. The molecule has 4 aromatic carbocycles. The molecular weight excluding hydrogens is 296 g/mol. The van der Waals surface area contributed by atoms with Gasteiger partial charge in [0.15, 0.2) is 0 Å². The van der Waals surface area contributed by atoms with Crippen LogP contribution in [0.1, 0.15) is 5.56 Å². The van der Waals surface area contributed by atoms with E-state index in [1.165, 1.54) is 0 Å². The van der Waals surface area contributed by atoms with Gasteiger partial charge < -0.3 is 10.2 Å². The van der Waals surface area contributed by atoms with Crippen molar-refractivity contribution in [3.63, 3.8) is 0 Å². The van der Waals surface area contributed by atoms with Crippen molar-refractivity contribution in [2.45, 2.75) is 0 Å². The second-order valence-electron chi connectivity index (χ2n) is 5.83. The minimum Gasteiger partial charge on any atom is -0.507 e. The number of fused-ring (bicyclic) bond motifs is 2. The number of benzene rings is 4. The molecular formula is C22H16O2. The molecule has 2 nitrogen and oxygen atoms in total. The molecule has 0 radical (unpaired) electrons. The fourth-order valence-corrected chi connectivity index (χ4v) is 3.25. The fourth-order valence-electron chi connectivity index (χ4n) is 3.25. The van der Waals surface area contributed by atoms with Crippen molar-refractivity contribution in [2.75, 3.05) is 0 Å². The van der Waals surface area contributed by atoms with Crippen LogP contribution in [-0.4, -0.2) is 10.2 Å². The molecule has 0 aromatic heterocycles. The Labute approximate surface area is 139 Å². The summed E-state index contributed by atoms with van der Waals surface area (Å²) in [6, 6.07) is 20.9. The van der Waals surface area contributed by atoms with Gasteiger partial charge >= 0.3 is 0 Å². The third-order valence-corrected chi connectivity index (χ3v) is 4.41. The van der Waals surface area contributed by atoms with Crippen LogP contribution in [0.2, 0.25) is 0 Å². The number of rotatable bonds is 2. The van der Waals surface area contributed by atoms with Crippen molar-refractivity contribution in [1.29, 1.82) is 0 Å². The molecule has 4 rings (SSSR count). The first-order valence-electron chi connectivity index (χ1n) is 7.78. The first kappa shape index (κ1) is 14.3. The van der Waals surface area contributed by atoms with E-state index in [-0.39, 0.29) is 11.5 Å². The summed E-state index contributed by atoms with van der Waals surface area (Å²) in [7, 11) is 0. The molecule has 0 fully saturated rings. The molecule has 0 saturated heterocycles. The number of aromatic hydroxyl groups is 2. The van der Waals surface area contributed by atoms with E-state index in [1.54, 1.807) is 18.2 Å². The van der Waals surface area contributed by atoms with Crippen LogP contribution in [0.5, 0.6) is 11.5 Å². The van der Waals surface area contributed by atoms with Crippen molar-refractivity contribution in [3.05, 3.63) is 78.9 Å². The Morgan fingerprint density at radius 1 is 0.667 bits per heavy atom. The lowest BCUT2D eigenvalue weighted by Gasteiger charge is -2.14. The van der Waals surface area contributed by atoms with Crippen molar-refractivity contribution in [3.8, 4) is 22.6 Å². The Kier molecular flexibility index (Phi) is 3.24. The Hall–Kier alpha value is -3.26. The van der Waals surface area contributed by atoms with E-state index in [2.05, 4.69) is 6.58 Å². The van der Waals surface area contributed by atoms with Crippen LogP contribution in [0, 0.1) is 0 Å². The molecule has 0 saturated carbocycles. The molecule has 2 heteroatoms. The maximum absolute atomic E-state index is 10.5. The minimum absolute atomic E-state index is 0.153. The molecule has 0 bridgehead atoms. The molecule has 0 aliphatic heterocycles. The highest BCUT2D eigenvalue weighted by Crippen LogP contribution is 2.44. The zero-order chi connectivity index (χ0) is 16.7. The van der Waals surface area contributed by atoms with E-state index >= 15 is 0 Å². The summed E-state index contributed by atoms with van der Waals surface area (Å²) < 4.78 is 0. The Morgan fingerprint density at radius 3 is 2.00 bits per heavy atom. The van der Waals surface area contributed by atoms with E-state index in [1.807, 2.05) is 54.6 Å². The summed E-state index contributed by atoms with van der Waals surface area (Å²) in [5.74, 6) is 0.310. The summed E-state index contributed by atoms with van der Waals surface area (Å²) in [6.45, 7) is 3.80. The second kappa shape index (κ2) is 5.43. The molecule has 2 N–H and O–H groups in total. The monoisotopic (exact) mass is 312 g/mol. The van der Waals surface area contributed by atoms with Crippen molar-refractivity contribution in [1.82, 2.24) is 0 Å². The van der Waals surface area contributed by atoms with Crippen molar-refractivity contribution in [2.24, 2.45) is 0 Å². The van der Waals surface area contributed by atoms with Crippen molar-refractivity contribution < 1.29 is 10.2 Å². The summed E-state index contributed by atoms with van der Waals surface area (Å²) in [5.41, 5.74) is 2.32. The predicted molar refractivity (Wildman–Crippen MR) is 100 cm³/mol. The molecule has 0 spiro atoms. The van der Waals surface area contributed by atoms with E-state index in [9.17, 15) is 10.2 Å². The summed E-state index contributed by atoms with van der Waals surface area (Å²) in [4.78, 5) is 0. The number of hydrogen-bond acceptors (Lipinski definition) is 2. The molecule has 0 atom stereocenters. The molecule has 0 unspecified atom stereocenters. The Morgan fingerprint density at radius 2 is 1.29 bits per heavy atom. The van der Waals surface area contributed by atoms with Gasteiger partial charge in [-0.3, -0.25) is 0 Å². The average Bonchev–Trinajstić information content (AvgIpc) is 2.62. The van der Waals surface area contributed by atoms with Gasteiger partial charge in [0.1, 0.15) is 11.5 Å². The molecule has 0 aliphatic rings. The van der Waals surface area contributed by atoms with Crippen LogP contribution in [0.15, 0.2) is 73.3 Å². The molecule has 0 aliphatic carbocycles. The SMILES string of the molecule is C=Cc1ccc2c(-c3c(O)ccc4ccccc34)c(O)ccc2c1. The topological polar surface area (TPSA) is 40.5 Å². The molecule has 24 heavy (non-hydrogen) atoms. The van der Waals surface area contributed by atoms with Gasteiger partial charge in [-0.25, -0.2) is 0 Å². The standard InChI is InChI=1S/C22H16O2/c1-2-14-7-10-18-16(13-14)9-12-20(24)22(18)21-17-6-4-3-5-15(17)8-11-19(21)23/h2-13,23-24H,1H2. The van der Waals surface area contributed by atoms with Crippen LogP contribution in [0.3, 0.4) is 0 Å². The van der Waals surface area contributed by atoms with Gasteiger partial charge in [-0.05, 0) is 45.3 Å². The first-order valence-corrected chi connectivity index (χ1v) is 7.78. The predicted octanol–water partition coefficient (Wildman–Crippen LogP) is 5.71. The maximum atomic E-state index is 10.5. The number of phenols is 2. The highest BCUT2D eigenvalue weighted by molar-refractivity contribution is 6.09. The highest BCUT2D eigenvalue weighted by atomic mass is 16.3. The summed E-state index contributed by atoms with van der Waals surface area (Å²) in [6.07, 6.45) is 1.79. The van der Waals surface area contributed by atoms with Crippen LogP contribution in [0.4, 0.5) is 0 Å². The fraction of sp³-hybridized carbons (Fsp3) is 0. The van der Waals surface area contributed by atoms with Gasteiger partial charge in [-0.1, -0.05) is 61.2 Å². The molecule has 0 amide bonds. The van der Waals surface area contributed by atoms with Crippen LogP contribution < -0.4 is 0 Å². The van der Waals surface area contributed by atoms with E-state index in [0.29, 0.717) is 11.1 Å². The lowest BCUT2D eigenvalue weighted by Crippen LogP contribution is -1.87. The average molecular weight is 312 g/mol. The van der Waals surface area contributed by atoms with Gasteiger partial charge in [-0.2, -0.15) is 0 Å². The quantitative estimate of drug-likeness (QED) is 0.497. The van der Waals surface area contributed by atoms with E-state index in [0.717, 1.165) is 27.1 Å². The van der Waals surface area contributed by atoms with Crippen LogP contribution >= 0.6 is 0 Å². The number of phenolic OH excluding ortho intramolecular Hbond substituents is 2. The maximum Gasteiger partial charge on any atom is 0.124 e. The number of hydrogen-bond donors (Lipinski definition) is 2. The van der Waals surface area contributed by atoms with E-state index < -0.39 is 0 Å². The van der Waals surface area contributed by atoms with Gasteiger partial charge in [0.05, 0.1) is 0 Å². The second-order valence-corrected chi connectivity index (χ2v) is 5.83. The lowest BCUT2D eigenvalue weighted by atomic mass is 9.92. The zero-order valence-corrected chi connectivity index (χ0v) is 13.0. The first-order chi connectivity index (χ1) is 11.7. The molecule has 0 heterocycles. The molecule has 116 valence electrons. The molecule has 4 aromatic rings. The Bertz CT molecular complexity index is 1090. The minimum atomic E-state index is 0.153. The van der Waals surface area contributed by atoms with Crippen LogP contribution in [-0.2, 0) is 0 Å². The third-order valence-electron chi connectivity index (χ3n) is 4.41. The zero-order valence-electron chi connectivity index (χ0n) is 13.0.